The lowest BCUT2D eigenvalue weighted by atomic mass is 10.1. The van der Waals surface area contributed by atoms with Crippen LogP contribution >= 0.6 is 0 Å². The van der Waals surface area contributed by atoms with Crippen molar-refractivity contribution in [1.29, 1.82) is 5.26 Å². The number of nitriles is 1. The van der Waals surface area contributed by atoms with Crippen molar-refractivity contribution in [3.63, 3.8) is 0 Å². The van der Waals surface area contributed by atoms with Crippen LogP contribution in [0, 0.1) is 11.3 Å². The Morgan fingerprint density at radius 3 is 3.11 bits per heavy atom. The summed E-state index contributed by atoms with van der Waals surface area (Å²) in [6.45, 7) is 4.23. The van der Waals surface area contributed by atoms with Crippen molar-refractivity contribution in [1.82, 2.24) is 10.3 Å². The van der Waals surface area contributed by atoms with Crippen molar-refractivity contribution in [3.05, 3.63) is 42.6 Å². The fourth-order valence-corrected chi connectivity index (χ4v) is 1.91. The van der Waals surface area contributed by atoms with E-state index in [1.165, 1.54) is 0 Å². The Bertz CT molecular complexity index is 595. The second-order valence-electron chi connectivity index (χ2n) is 3.91. The summed E-state index contributed by atoms with van der Waals surface area (Å²) in [5, 5.41) is 13.3. The van der Waals surface area contributed by atoms with Gasteiger partial charge in [-0.3, -0.25) is 5.32 Å². The number of methoxy groups -OCH3 is 1. The molecule has 1 atom stereocenters. The van der Waals surface area contributed by atoms with Crippen molar-refractivity contribution in [2.24, 2.45) is 0 Å². The number of nitrogens with one attached hydrogen (secondary N) is 2. The first kappa shape index (κ1) is 12.2. The molecule has 4 heteroatoms. The van der Waals surface area contributed by atoms with Crippen LogP contribution in [0.5, 0.6) is 5.75 Å². The topological polar surface area (TPSA) is 60.8 Å². The van der Waals surface area contributed by atoms with Crippen LogP contribution < -0.4 is 10.1 Å². The van der Waals surface area contributed by atoms with Crippen molar-refractivity contribution < 1.29 is 4.74 Å². The van der Waals surface area contributed by atoms with Crippen molar-refractivity contribution in [2.45, 2.75) is 6.04 Å². The van der Waals surface area contributed by atoms with E-state index in [9.17, 15) is 5.26 Å². The van der Waals surface area contributed by atoms with E-state index >= 15 is 0 Å². The maximum atomic E-state index is 9.22. The molecular weight excluding hydrogens is 226 g/mol. The predicted molar refractivity (Wildman–Crippen MR) is 71.4 cm³/mol. The highest BCUT2D eigenvalue weighted by molar-refractivity contribution is 5.85. The summed E-state index contributed by atoms with van der Waals surface area (Å²) >= 11 is 0. The lowest BCUT2D eigenvalue weighted by Crippen LogP contribution is -2.19. The van der Waals surface area contributed by atoms with Crippen LogP contribution in [0.1, 0.15) is 11.6 Å². The van der Waals surface area contributed by atoms with Gasteiger partial charge in [0.05, 0.1) is 13.2 Å². The second-order valence-corrected chi connectivity index (χ2v) is 3.91. The molecule has 2 aromatic rings. The standard InChI is InChI=1S/C14H15N3O/c1-3-6-16-14(8-15)12-9-17-13-5-4-10(18-2)7-11(12)13/h3-5,7,9,14,16-17H,1,6H2,2H3. The smallest absolute Gasteiger partial charge is 0.123 e. The summed E-state index contributed by atoms with van der Waals surface area (Å²) in [5.41, 5.74) is 1.92. The van der Waals surface area contributed by atoms with Crippen LogP contribution in [0.2, 0.25) is 0 Å². The molecule has 0 saturated heterocycles. The molecule has 0 fully saturated rings. The number of nitrogens with zero attached hydrogens (tertiary/aromatic N) is 1. The summed E-state index contributed by atoms with van der Waals surface area (Å²) in [4.78, 5) is 3.16. The first-order valence-corrected chi connectivity index (χ1v) is 5.69. The van der Waals surface area contributed by atoms with Gasteiger partial charge >= 0.3 is 0 Å². The first-order valence-electron chi connectivity index (χ1n) is 5.69. The van der Waals surface area contributed by atoms with Gasteiger partial charge in [-0.05, 0) is 18.2 Å². The Labute approximate surface area is 106 Å². The molecule has 92 valence electrons. The Hall–Kier alpha value is -2.25. The fourth-order valence-electron chi connectivity index (χ4n) is 1.91. The molecule has 0 amide bonds. The van der Waals surface area contributed by atoms with Gasteiger partial charge in [-0.15, -0.1) is 6.58 Å². The van der Waals surface area contributed by atoms with E-state index < -0.39 is 0 Å². The molecule has 1 heterocycles. The zero-order valence-electron chi connectivity index (χ0n) is 10.2. The molecule has 1 aromatic carbocycles. The summed E-state index contributed by atoms with van der Waals surface area (Å²) < 4.78 is 5.21. The third-order valence-corrected chi connectivity index (χ3v) is 2.83. The molecule has 18 heavy (non-hydrogen) atoms. The van der Waals surface area contributed by atoms with Crippen LogP contribution in [0.4, 0.5) is 0 Å². The highest BCUT2D eigenvalue weighted by Crippen LogP contribution is 2.27. The van der Waals surface area contributed by atoms with Gasteiger partial charge in [-0.25, -0.2) is 0 Å². The Balaban J connectivity index is 2.43. The van der Waals surface area contributed by atoms with E-state index in [4.69, 9.17) is 4.74 Å². The molecule has 1 aromatic heterocycles. The van der Waals surface area contributed by atoms with Gasteiger partial charge in [-0.2, -0.15) is 5.26 Å². The number of aromatic amines is 1. The molecule has 2 rings (SSSR count). The summed E-state index contributed by atoms with van der Waals surface area (Å²) in [7, 11) is 1.63. The molecule has 4 nitrogen and oxygen atoms in total. The Kier molecular flexibility index (Phi) is 3.66. The van der Waals surface area contributed by atoms with Crippen molar-refractivity contribution in [3.8, 4) is 11.8 Å². The minimum absolute atomic E-state index is 0.358. The van der Waals surface area contributed by atoms with Crippen LogP contribution in [0.3, 0.4) is 0 Å². The first-order chi connectivity index (χ1) is 8.80. The number of rotatable bonds is 5. The van der Waals surface area contributed by atoms with E-state index in [1.54, 1.807) is 13.2 Å². The lowest BCUT2D eigenvalue weighted by molar-refractivity contribution is 0.415. The number of ether oxygens (including phenoxy) is 1. The zero-order chi connectivity index (χ0) is 13.0. The van der Waals surface area contributed by atoms with Gasteiger partial charge in [-0.1, -0.05) is 6.08 Å². The summed E-state index contributed by atoms with van der Waals surface area (Å²) in [6, 6.07) is 7.66. The van der Waals surface area contributed by atoms with Gasteiger partial charge in [0.15, 0.2) is 0 Å². The Morgan fingerprint density at radius 1 is 1.61 bits per heavy atom. The van der Waals surface area contributed by atoms with Gasteiger partial charge in [0, 0.05) is 29.2 Å². The molecule has 0 aliphatic rings. The van der Waals surface area contributed by atoms with E-state index in [2.05, 4.69) is 22.9 Å². The summed E-state index contributed by atoms with van der Waals surface area (Å²) in [6.07, 6.45) is 3.59. The second kappa shape index (κ2) is 5.39. The quantitative estimate of drug-likeness (QED) is 0.791. The fraction of sp³-hybridized carbons (Fsp3) is 0.214. The number of hydrogen-bond acceptors (Lipinski definition) is 3. The number of aromatic nitrogens is 1. The van der Waals surface area contributed by atoms with E-state index in [1.807, 2.05) is 24.4 Å². The molecule has 1 unspecified atom stereocenters. The van der Waals surface area contributed by atoms with Crippen LogP contribution in [0.25, 0.3) is 10.9 Å². The van der Waals surface area contributed by atoms with E-state index in [-0.39, 0.29) is 6.04 Å². The number of benzene rings is 1. The van der Waals surface area contributed by atoms with Gasteiger partial charge < -0.3 is 9.72 Å². The largest absolute Gasteiger partial charge is 0.497 e. The maximum absolute atomic E-state index is 9.22. The minimum atomic E-state index is -0.358. The maximum Gasteiger partial charge on any atom is 0.123 e. The molecule has 0 bridgehead atoms. The van der Waals surface area contributed by atoms with Crippen LogP contribution in [-0.4, -0.2) is 18.6 Å². The highest BCUT2D eigenvalue weighted by atomic mass is 16.5. The van der Waals surface area contributed by atoms with Crippen LogP contribution in [0.15, 0.2) is 37.1 Å². The number of fused-ring (bicyclic) bond motifs is 1. The zero-order valence-corrected chi connectivity index (χ0v) is 10.2. The van der Waals surface area contributed by atoms with Gasteiger partial charge in [0.2, 0.25) is 0 Å². The van der Waals surface area contributed by atoms with Crippen molar-refractivity contribution >= 4 is 10.9 Å². The van der Waals surface area contributed by atoms with Crippen molar-refractivity contribution in [2.75, 3.05) is 13.7 Å². The summed E-state index contributed by atoms with van der Waals surface area (Å²) in [5.74, 6) is 0.781. The van der Waals surface area contributed by atoms with E-state index in [0.29, 0.717) is 6.54 Å². The molecule has 0 aliphatic heterocycles. The highest BCUT2D eigenvalue weighted by Gasteiger charge is 2.14. The number of hydrogen-bond donors (Lipinski definition) is 2. The van der Waals surface area contributed by atoms with E-state index in [0.717, 1.165) is 22.2 Å². The average molecular weight is 241 g/mol. The monoisotopic (exact) mass is 241 g/mol. The SMILES string of the molecule is C=CCNC(C#N)c1c[nH]c2ccc(OC)cc12. The third kappa shape index (κ3) is 2.22. The third-order valence-electron chi connectivity index (χ3n) is 2.83. The minimum Gasteiger partial charge on any atom is -0.497 e. The molecular formula is C14H15N3O. The molecule has 2 N–H and O–H groups in total. The van der Waals surface area contributed by atoms with Crippen LogP contribution in [-0.2, 0) is 0 Å². The molecule has 0 radical (unpaired) electrons. The Morgan fingerprint density at radius 2 is 2.44 bits per heavy atom. The lowest BCUT2D eigenvalue weighted by Gasteiger charge is -2.09. The molecule has 0 saturated carbocycles. The normalized spacial score (nSPS) is 12.0. The molecule has 0 spiro atoms. The predicted octanol–water partition coefficient (Wildman–Crippen LogP) is 2.52. The number of H-pyrrole nitrogens is 1. The van der Waals surface area contributed by atoms with Gasteiger partial charge in [0.1, 0.15) is 11.8 Å². The van der Waals surface area contributed by atoms with Gasteiger partial charge in [0.25, 0.3) is 0 Å². The average Bonchev–Trinajstić information content (AvgIpc) is 2.83. The molecule has 0 aliphatic carbocycles.